The first-order valence-electron chi connectivity index (χ1n) is 10.2. The zero-order valence-corrected chi connectivity index (χ0v) is 18.3. The van der Waals surface area contributed by atoms with Crippen molar-refractivity contribution in [3.05, 3.63) is 75.5 Å². The number of hydrogen-bond acceptors (Lipinski definition) is 4. The minimum atomic E-state index is -4.77. The Hall–Kier alpha value is -2.78. The van der Waals surface area contributed by atoms with Gasteiger partial charge in [-0.05, 0) is 43.2 Å². The van der Waals surface area contributed by atoms with Crippen LogP contribution in [0.4, 0.5) is 27.6 Å². The minimum absolute atomic E-state index is 0.0926. The zero-order chi connectivity index (χ0) is 23.8. The van der Waals surface area contributed by atoms with Gasteiger partial charge in [-0.25, -0.2) is 13.8 Å². The molecule has 0 saturated carbocycles. The molecule has 0 aromatic heterocycles. The second kappa shape index (κ2) is 9.23. The van der Waals surface area contributed by atoms with E-state index in [2.05, 4.69) is 9.98 Å². The van der Waals surface area contributed by atoms with Crippen LogP contribution in [0.2, 0.25) is 5.02 Å². The highest BCUT2D eigenvalue weighted by molar-refractivity contribution is 6.38. The lowest BCUT2D eigenvalue weighted by atomic mass is 9.96. The number of amidine groups is 1. The van der Waals surface area contributed by atoms with Gasteiger partial charge in [-0.1, -0.05) is 17.7 Å². The van der Waals surface area contributed by atoms with E-state index in [4.69, 9.17) is 16.3 Å². The van der Waals surface area contributed by atoms with Crippen LogP contribution in [0.25, 0.3) is 0 Å². The molecule has 174 valence electrons. The van der Waals surface area contributed by atoms with Crippen molar-refractivity contribution < 1.29 is 26.7 Å². The van der Waals surface area contributed by atoms with E-state index < -0.39 is 34.0 Å². The monoisotopic (exact) mass is 483 g/mol. The molecule has 0 atom stereocenters. The summed E-state index contributed by atoms with van der Waals surface area (Å²) in [6.07, 6.45) is -2.53. The maximum atomic E-state index is 14.7. The number of fused-ring (bicyclic) bond motifs is 3. The van der Waals surface area contributed by atoms with Gasteiger partial charge >= 0.3 is 6.18 Å². The smallest absolute Gasteiger partial charge is 0.381 e. The first-order chi connectivity index (χ1) is 15.7. The Morgan fingerprint density at radius 2 is 1.82 bits per heavy atom. The largest absolute Gasteiger partial charge is 0.417 e. The molecule has 0 spiro atoms. The molecule has 4 rings (SSSR count). The Labute approximate surface area is 192 Å². The van der Waals surface area contributed by atoms with Crippen molar-refractivity contribution in [3.63, 3.8) is 0 Å². The van der Waals surface area contributed by atoms with Gasteiger partial charge in [-0.15, -0.1) is 0 Å². The fourth-order valence-corrected chi connectivity index (χ4v) is 4.16. The van der Waals surface area contributed by atoms with E-state index in [1.165, 1.54) is 12.1 Å². The number of hydrogen-bond donors (Lipinski definition) is 0. The molecule has 0 N–H and O–H groups in total. The van der Waals surface area contributed by atoms with Gasteiger partial charge < -0.3 is 9.64 Å². The molecule has 4 nitrogen and oxygen atoms in total. The highest BCUT2D eigenvalue weighted by Crippen LogP contribution is 2.42. The number of benzene rings is 2. The van der Waals surface area contributed by atoms with Crippen molar-refractivity contribution >= 4 is 28.8 Å². The van der Waals surface area contributed by atoms with E-state index in [0.29, 0.717) is 32.0 Å². The molecule has 2 aromatic carbocycles. The van der Waals surface area contributed by atoms with Crippen LogP contribution in [-0.4, -0.2) is 37.9 Å². The van der Waals surface area contributed by atoms with Crippen LogP contribution in [0.1, 0.15) is 30.0 Å². The topological polar surface area (TPSA) is 37.2 Å². The SMILES string of the molecule is CCOCCC1=CN=C2CN=C(c3c(F)cccc3F)c3c(ccc(C(F)(F)F)c3Cl)N2C1. The lowest BCUT2D eigenvalue weighted by Crippen LogP contribution is -2.36. The zero-order valence-electron chi connectivity index (χ0n) is 17.5. The van der Waals surface area contributed by atoms with Crippen molar-refractivity contribution in [2.45, 2.75) is 19.5 Å². The minimum Gasteiger partial charge on any atom is -0.381 e. The van der Waals surface area contributed by atoms with Crippen LogP contribution in [0.3, 0.4) is 0 Å². The summed E-state index contributed by atoms with van der Waals surface area (Å²) >= 11 is 6.26. The van der Waals surface area contributed by atoms with Crippen LogP contribution in [0.5, 0.6) is 0 Å². The van der Waals surface area contributed by atoms with Crippen LogP contribution in [0.15, 0.2) is 52.1 Å². The molecule has 2 aliphatic rings. The van der Waals surface area contributed by atoms with E-state index >= 15 is 0 Å². The number of rotatable bonds is 5. The normalized spacial score (nSPS) is 15.8. The standard InChI is InChI=1S/C23H19ClF5N3O/c1-2-33-9-8-13-10-30-18-11-31-22(19-15(25)4-3-5-16(19)26)20-17(32(18)12-13)7-6-14(21(20)24)23(27,28)29/h3-7,10H,2,8-9,11-12H2,1H3. The van der Waals surface area contributed by atoms with Gasteiger partial charge in [-0.3, -0.25) is 4.99 Å². The lowest BCUT2D eigenvalue weighted by Gasteiger charge is -2.30. The molecule has 0 fully saturated rings. The predicted octanol–water partition coefficient (Wildman–Crippen LogP) is 6.02. The lowest BCUT2D eigenvalue weighted by molar-refractivity contribution is -0.137. The number of aliphatic imine (C=N–C) groups is 2. The Bertz CT molecular complexity index is 1150. The fraction of sp³-hybridized carbons (Fsp3) is 0.304. The molecule has 33 heavy (non-hydrogen) atoms. The summed E-state index contributed by atoms with van der Waals surface area (Å²) in [5.74, 6) is -1.48. The number of alkyl halides is 3. The second-order valence-electron chi connectivity index (χ2n) is 7.45. The maximum Gasteiger partial charge on any atom is 0.417 e. The summed E-state index contributed by atoms with van der Waals surface area (Å²) in [7, 11) is 0. The van der Waals surface area contributed by atoms with E-state index in [0.717, 1.165) is 23.8 Å². The second-order valence-corrected chi connectivity index (χ2v) is 7.82. The number of ether oxygens (including phenoxy) is 1. The third-order valence-electron chi connectivity index (χ3n) is 5.37. The number of halogens is 6. The summed E-state index contributed by atoms with van der Waals surface area (Å²) in [5, 5.41) is -0.673. The van der Waals surface area contributed by atoms with Crippen molar-refractivity contribution in [2.75, 3.05) is 31.2 Å². The average Bonchev–Trinajstić information content (AvgIpc) is 2.91. The van der Waals surface area contributed by atoms with Gasteiger partial charge in [0.2, 0.25) is 0 Å². The molecule has 0 bridgehead atoms. The summed E-state index contributed by atoms with van der Waals surface area (Å²) in [4.78, 5) is 10.4. The van der Waals surface area contributed by atoms with E-state index in [1.54, 1.807) is 11.1 Å². The summed E-state index contributed by atoms with van der Waals surface area (Å²) in [6.45, 7) is 3.10. The van der Waals surface area contributed by atoms with Crippen LogP contribution < -0.4 is 4.90 Å². The third-order valence-corrected chi connectivity index (χ3v) is 5.76. The Morgan fingerprint density at radius 3 is 2.48 bits per heavy atom. The summed E-state index contributed by atoms with van der Waals surface area (Å²) in [6, 6.07) is 5.31. The maximum absolute atomic E-state index is 14.7. The molecular formula is C23H19ClF5N3O. The van der Waals surface area contributed by atoms with Crippen LogP contribution >= 0.6 is 11.6 Å². The van der Waals surface area contributed by atoms with E-state index in [1.807, 2.05) is 6.92 Å². The van der Waals surface area contributed by atoms with Crippen molar-refractivity contribution in [3.8, 4) is 0 Å². The van der Waals surface area contributed by atoms with Crippen LogP contribution in [-0.2, 0) is 10.9 Å². The van der Waals surface area contributed by atoms with Crippen molar-refractivity contribution in [2.24, 2.45) is 9.98 Å². The first kappa shape index (κ1) is 23.4. The van der Waals surface area contributed by atoms with E-state index in [-0.39, 0.29) is 23.5 Å². The molecule has 0 saturated heterocycles. The average molecular weight is 484 g/mol. The quantitative estimate of drug-likeness (QED) is 0.385. The van der Waals surface area contributed by atoms with Gasteiger partial charge in [0.05, 0.1) is 40.7 Å². The van der Waals surface area contributed by atoms with E-state index in [9.17, 15) is 22.0 Å². The Balaban J connectivity index is 1.89. The van der Waals surface area contributed by atoms with Crippen molar-refractivity contribution in [1.82, 2.24) is 0 Å². The highest BCUT2D eigenvalue weighted by Gasteiger charge is 2.38. The molecule has 2 aliphatic heterocycles. The molecule has 2 heterocycles. The number of anilines is 1. The Morgan fingerprint density at radius 1 is 1.09 bits per heavy atom. The van der Waals surface area contributed by atoms with Gasteiger partial charge in [0.1, 0.15) is 17.5 Å². The van der Waals surface area contributed by atoms with Gasteiger partial charge in [0, 0.05) is 24.9 Å². The highest BCUT2D eigenvalue weighted by atomic mass is 35.5. The third kappa shape index (κ3) is 4.52. The number of nitrogens with zero attached hydrogens (tertiary/aromatic N) is 3. The van der Waals surface area contributed by atoms with Gasteiger partial charge in [0.25, 0.3) is 0 Å². The molecule has 0 radical (unpaired) electrons. The fourth-order valence-electron chi connectivity index (χ4n) is 3.80. The van der Waals surface area contributed by atoms with Crippen molar-refractivity contribution in [1.29, 1.82) is 0 Å². The Kier molecular flexibility index (Phi) is 6.54. The van der Waals surface area contributed by atoms with Gasteiger partial charge in [0.15, 0.2) is 0 Å². The first-order valence-corrected chi connectivity index (χ1v) is 10.6. The molecule has 0 unspecified atom stereocenters. The molecular weight excluding hydrogens is 465 g/mol. The van der Waals surface area contributed by atoms with Gasteiger partial charge in [-0.2, -0.15) is 13.2 Å². The molecule has 2 aromatic rings. The van der Waals surface area contributed by atoms with Crippen LogP contribution in [0, 0.1) is 11.6 Å². The molecule has 0 amide bonds. The summed E-state index contributed by atoms with van der Waals surface area (Å²) < 4.78 is 75.7. The predicted molar refractivity (Wildman–Crippen MR) is 117 cm³/mol. The molecule has 0 aliphatic carbocycles. The molecule has 10 heteroatoms. The summed E-state index contributed by atoms with van der Waals surface area (Å²) in [5.41, 5.74) is -0.999.